The van der Waals surface area contributed by atoms with E-state index in [9.17, 15) is 4.79 Å². The second-order valence-electron chi connectivity index (χ2n) is 5.38. The number of nitrogens with one attached hydrogen (secondary N) is 2. The van der Waals surface area contributed by atoms with Crippen molar-refractivity contribution in [2.24, 2.45) is 0 Å². The van der Waals surface area contributed by atoms with Gasteiger partial charge in [-0.2, -0.15) is 0 Å². The van der Waals surface area contributed by atoms with Crippen LogP contribution in [0.25, 0.3) is 0 Å². The SMILES string of the molecule is O=C(CN[C@@H](c1ccccc1)c1cccs1)Nc1c(Cl)cccc1Cl. The zero-order valence-electron chi connectivity index (χ0n) is 13.2. The van der Waals surface area contributed by atoms with Gasteiger partial charge in [0.1, 0.15) is 0 Å². The highest BCUT2D eigenvalue weighted by Gasteiger charge is 2.16. The molecule has 0 aliphatic rings. The molecule has 1 aromatic heterocycles. The number of carbonyl (C=O) groups excluding carboxylic acids is 1. The van der Waals surface area contributed by atoms with Crippen molar-refractivity contribution < 1.29 is 4.79 Å². The number of amides is 1. The van der Waals surface area contributed by atoms with Gasteiger partial charge in [0.2, 0.25) is 5.91 Å². The van der Waals surface area contributed by atoms with Gasteiger partial charge in [0.15, 0.2) is 0 Å². The normalized spacial score (nSPS) is 11.9. The molecule has 3 aromatic rings. The Morgan fingerprint density at radius 3 is 2.32 bits per heavy atom. The standard InChI is InChI=1S/C19H16Cl2N2OS/c20-14-8-4-9-15(21)19(14)23-17(24)12-22-18(16-10-5-11-25-16)13-6-2-1-3-7-13/h1-11,18,22H,12H2,(H,23,24)/t18-/m0/s1. The van der Waals surface area contributed by atoms with Crippen molar-refractivity contribution in [3.8, 4) is 0 Å². The lowest BCUT2D eigenvalue weighted by Crippen LogP contribution is -2.31. The third kappa shape index (κ3) is 4.61. The van der Waals surface area contributed by atoms with Crippen molar-refractivity contribution >= 4 is 46.1 Å². The molecular weight excluding hydrogens is 375 g/mol. The second kappa shape index (κ2) is 8.50. The summed E-state index contributed by atoms with van der Waals surface area (Å²) in [5.41, 5.74) is 1.54. The van der Waals surface area contributed by atoms with Crippen LogP contribution in [0.15, 0.2) is 66.0 Å². The molecule has 0 radical (unpaired) electrons. The number of anilines is 1. The van der Waals surface area contributed by atoms with E-state index in [-0.39, 0.29) is 18.5 Å². The lowest BCUT2D eigenvalue weighted by molar-refractivity contribution is -0.115. The molecule has 6 heteroatoms. The molecule has 1 atom stereocenters. The number of hydrogen-bond donors (Lipinski definition) is 2. The maximum Gasteiger partial charge on any atom is 0.238 e. The van der Waals surface area contributed by atoms with Crippen molar-refractivity contribution in [1.29, 1.82) is 0 Å². The van der Waals surface area contributed by atoms with Crippen LogP contribution in [0.1, 0.15) is 16.5 Å². The van der Waals surface area contributed by atoms with Gasteiger partial charge in [0, 0.05) is 4.88 Å². The van der Waals surface area contributed by atoms with Gasteiger partial charge in [-0.1, -0.05) is 65.7 Å². The maximum atomic E-state index is 12.3. The van der Waals surface area contributed by atoms with Crippen molar-refractivity contribution in [2.75, 3.05) is 11.9 Å². The van der Waals surface area contributed by atoms with Crippen LogP contribution in [0.5, 0.6) is 0 Å². The summed E-state index contributed by atoms with van der Waals surface area (Å²) in [6.45, 7) is 0.138. The number of thiophene rings is 1. The number of rotatable bonds is 6. The first kappa shape index (κ1) is 18.0. The summed E-state index contributed by atoms with van der Waals surface area (Å²) in [4.78, 5) is 13.5. The van der Waals surface area contributed by atoms with E-state index in [4.69, 9.17) is 23.2 Å². The highest BCUT2D eigenvalue weighted by Crippen LogP contribution is 2.30. The van der Waals surface area contributed by atoms with Crippen LogP contribution in [-0.2, 0) is 4.79 Å². The first-order valence-corrected chi connectivity index (χ1v) is 9.34. The van der Waals surface area contributed by atoms with Crippen molar-refractivity contribution in [2.45, 2.75) is 6.04 Å². The van der Waals surface area contributed by atoms with Crippen LogP contribution in [0.4, 0.5) is 5.69 Å². The summed E-state index contributed by atoms with van der Waals surface area (Å²) in [6.07, 6.45) is 0. The molecule has 0 bridgehead atoms. The molecule has 1 amide bonds. The van der Waals surface area contributed by atoms with E-state index in [1.807, 2.05) is 41.8 Å². The van der Waals surface area contributed by atoms with Gasteiger partial charge in [-0.05, 0) is 29.1 Å². The number of para-hydroxylation sites is 1. The van der Waals surface area contributed by atoms with Crippen molar-refractivity contribution in [3.63, 3.8) is 0 Å². The number of carbonyl (C=O) groups is 1. The van der Waals surface area contributed by atoms with E-state index in [2.05, 4.69) is 16.7 Å². The first-order valence-electron chi connectivity index (χ1n) is 7.71. The largest absolute Gasteiger partial charge is 0.322 e. The summed E-state index contributed by atoms with van der Waals surface area (Å²) >= 11 is 13.8. The van der Waals surface area contributed by atoms with Crippen molar-refractivity contribution in [1.82, 2.24) is 5.32 Å². The highest BCUT2D eigenvalue weighted by atomic mass is 35.5. The molecule has 0 aliphatic carbocycles. The summed E-state index contributed by atoms with van der Waals surface area (Å²) in [5.74, 6) is -0.201. The Morgan fingerprint density at radius 2 is 1.68 bits per heavy atom. The molecule has 2 N–H and O–H groups in total. The fourth-order valence-corrected chi connectivity index (χ4v) is 3.80. The zero-order chi connectivity index (χ0) is 17.6. The van der Waals surface area contributed by atoms with Crippen LogP contribution < -0.4 is 10.6 Å². The fraction of sp³-hybridized carbons (Fsp3) is 0.105. The summed E-state index contributed by atoms with van der Waals surface area (Å²) in [7, 11) is 0. The van der Waals surface area contributed by atoms with E-state index in [0.717, 1.165) is 10.4 Å². The highest BCUT2D eigenvalue weighted by molar-refractivity contribution is 7.10. The van der Waals surface area contributed by atoms with Crippen LogP contribution in [0, 0.1) is 0 Å². The van der Waals surface area contributed by atoms with E-state index < -0.39 is 0 Å². The van der Waals surface area contributed by atoms with E-state index in [0.29, 0.717) is 15.7 Å². The average molecular weight is 391 g/mol. The van der Waals surface area contributed by atoms with Gasteiger partial charge in [0.25, 0.3) is 0 Å². The Morgan fingerprint density at radius 1 is 0.960 bits per heavy atom. The van der Waals surface area contributed by atoms with Crippen LogP contribution >= 0.6 is 34.5 Å². The molecule has 128 valence electrons. The Labute approximate surface area is 160 Å². The summed E-state index contributed by atoms with van der Waals surface area (Å²) in [5, 5.41) is 8.93. The number of hydrogen-bond acceptors (Lipinski definition) is 3. The second-order valence-corrected chi connectivity index (χ2v) is 7.18. The topological polar surface area (TPSA) is 41.1 Å². The molecule has 3 rings (SSSR count). The molecule has 25 heavy (non-hydrogen) atoms. The molecule has 0 fully saturated rings. The van der Waals surface area contributed by atoms with Crippen LogP contribution in [0.3, 0.4) is 0 Å². The predicted octanol–water partition coefficient (Wildman–Crippen LogP) is 5.37. The molecule has 0 saturated carbocycles. The Hall–Kier alpha value is -1.85. The minimum absolute atomic E-state index is 0.0475. The molecule has 0 saturated heterocycles. The quantitative estimate of drug-likeness (QED) is 0.593. The van der Waals surface area contributed by atoms with E-state index in [1.54, 1.807) is 29.5 Å². The van der Waals surface area contributed by atoms with Crippen LogP contribution in [0.2, 0.25) is 10.0 Å². The smallest absolute Gasteiger partial charge is 0.238 e. The van der Waals surface area contributed by atoms with Gasteiger partial charge in [-0.25, -0.2) is 0 Å². The first-order chi connectivity index (χ1) is 12.1. The van der Waals surface area contributed by atoms with Gasteiger partial charge in [-0.15, -0.1) is 11.3 Å². The number of halogens is 2. The third-order valence-corrected chi connectivity index (χ3v) is 5.22. The average Bonchev–Trinajstić information content (AvgIpc) is 3.14. The predicted molar refractivity (Wildman–Crippen MR) is 106 cm³/mol. The van der Waals surface area contributed by atoms with Gasteiger partial charge in [-0.3, -0.25) is 10.1 Å². The van der Waals surface area contributed by atoms with E-state index >= 15 is 0 Å². The maximum absolute atomic E-state index is 12.3. The Kier molecular flexibility index (Phi) is 6.10. The molecule has 1 heterocycles. The zero-order valence-corrected chi connectivity index (χ0v) is 15.5. The minimum Gasteiger partial charge on any atom is -0.322 e. The molecule has 0 unspecified atom stereocenters. The monoisotopic (exact) mass is 390 g/mol. The molecule has 2 aromatic carbocycles. The molecular formula is C19H16Cl2N2OS. The lowest BCUT2D eigenvalue weighted by atomic mass is 10.1. The lowest BCUT2D eigenvalue weighted by Gasteiger charge is -2.18. The van der Waals surface area contributed by atoms with Gasteiger partial charge >= 0.3 is 0 Å². The minimum atomic E-state index is -0.201. The fourth-order valence-electron chi connectivity index (χ4n) is 2.48. The van der Waals surface area contributed by atoms with Gasteiger partial charge < -0.3 is 5.32 Å². The van der Waals surface area contributed by atoms with Gasteiger partial charge in [0.05, 0.1) is 28.3 Å². The Bertz CT molecular complexity index is 818. The molecule has 0 spiro atoms. The summed E-state index contributed by atoms with van der Waals surface area (Å²) in [6, 6.07) is 19.2. The number of benzene rings is 2. The molecule has 3 nitrogen and oxygen atoms in total. The molecule has 0 aliphatic heterocycles. The van der Waals surface area contributed by atoms with Crippen molar-refractivity contribution in [3.05, 3.63) is 86.5 Å². The Balaban J connectivity index is 1.70. The van der Waals surface area contributed by atoms with E-state index in [1.165, 1.54) is 0 Å². The van der Waals surface area contributed by atoms with Crippen LogP contribution in [-0.4, -0.2) is 12.5 Å². The third-order valence-electron chi connectivity index (χ3n) is 3.65. The summed E-state index contributed by atoms with van der Waals surface area (Å²) < 4.78 is 0.